The predicted molar refractivity (Wildman–Crippen MR) is 101 cm³/mol. The summed E-state index contributed by atoms with van der Waals surface area (Å²) in [6.07, 6.45) is 5.94. The Kier molecular flexibility index (Phi) is 5.79. The fraction of sp³-hybridized carbons (Fsp3) is 0.950. The molecule has 5 atom stereocenters. The summed E-state index contributed by atoms with van der Waals surface area (Å²) >= 11 is 0. The highest BCUT2D eigenvalue weighted by Gasteiger charge is 2.50. The van der Waals surface area contributed by atoms with Crippen LogP contribution in [0, 0.1) is 17.8 Å². The molecule has 0 bridgehead atoms. The van der Waals surface area contributed by atoms with Crippen molar-refractivity contribution >= 4 is 14.1 Å². The second-order valence-corrected chi connectivity index (χ2v) is 14.6. The summed E-state index contributed by atoms with van der Waals surface area (Å²) in [5.41, 5.74) is 0. The van der Waals surface area contributed by atoms with E-state index in [0.29, 0.717) is 23.5 Å². The van der Waals surface area contributed by atoms with Gasteiger partial charge in [-0.05, 0) is 55.7 Å². The van der Waals surface area contributed by atoms with E-state index in [9.17, 15) is 4.79 Å². The molecular weight excluding hydrogens is 332 g/mol. The lowest BCUT2D eigenvalue weighted by Gasteiger charge is -2.38. The first kappa shape index (κ1) is 19.5. The van der Waals surface area contributed by atoms with Crippen molar-refractivity contribution in [1.29, 1.82) is 0 Å². The van der Waals surface area contributed by atoms with Crippen LogP contribution in [0.2, 0.25) is 18.1 Å². The minimum Gasteiger partial charge on any atom is -0.416 e. The monoisotopic (exact) mass is 368 g/mol. The van der Waals surface area contributed by atoms with Crippen molar-refractivity contribution in [3.8, 4) is 0 Å². The summed E-state index contributed by atoms with van der Waals surface area (Å²) in [6.45, 7) is 13.0. The van der Waals surface area contributed by atoms with Crippen molar-refractivity contribution in [2.24, 2.45) is 17.8 Å². The van der Waals surface area contributed by atoms with Gasteiger partial charge in [-0.3, -0.25) is 4.79 Å². The number of hydrogen-bond donors (Lipinski definition) is 0. The van der Waals surface area contributed by atoms with Crippen molar-refractivity contribution in [3.05, 3.63) is 0 Å². The van der Waals surface area contributed by atoms with Crippen LogP contribution in [-0.4, -0.2) is 39.7 Å². The summed E-state index contributed by atoms with van der Waals surface area (Å²) in [5.74, 6) is 1.72. The number of ketones is 1. The average Bonchev–Trinajstić information content (AvgIpc) is 3.01. The third-order valence-electron chi connectivity index (χ3n) is 7.03. The molecule has 0 spiro atoms. The molecule has 3 aliphatic rings. The Morgan fingerprint density at radius 1 is 1.20 bits per heavy atom. The van der Waals surface area contributed by atoms with Gasteiger partial charge in [0.1, 0.15) is 5.78 Å². The van der Waals surface area contributed by atoms with E-state index in [1.54, 1.807) is 0 Å². The largest absolute Gasteiger partial charge is 0.416 e. The fourth-order valence-corrected chi connectivity index (χ4v) is 5.43. The lowest BCUT2D eigenvalue weighted by molar-refractivity contribution is -0.198. The number of carbonyl (C=O) groups excluding carboxylic acids is 1. The predicted octanol–water partition coefficient (Wildman–Crippen LogP) is 4.54. The van der Waals surface area contributed by atoms with Gasteiger partial charge < -0.3 is 13.9 Å². The molecular formula is C20H36O4Si. The molecule has 0 amide bonds. The quantitative estimate of drug-likeness (QED) is 0.669. The van der Waals surface area contributed by atoms with E-state index in [1.165, 1.54) is 6.42 Å². The third-order valence-corrected chi connectivity index (χ3v) is 11.5. The van der Waals surface area contributed by atoms with E-state index in [4.69, 9.17) is 13.9 Å². The summed E-state index contributed by atoms with van der Waals surface area (Å²) in [5, 5.41) is 0.208. The first-order valence-corrected chi connectivity index (χ1v) is 13.0. The van der Waals surface area contributed by atoms with Crippen molar-refractivity contribution in [2.75, 3.05) is 13.2 Å². The Hall–Kier alpha value is -0.233. The van der Waals surface area contributed by atoms with E-state index in [-0.39, 0.29) is 17.4 Å². The number of fused-ring (bicyclic) bond motifs is 1. The SMILES string of the molecule is CC(C)(C)[Si](C)(C)OC[C@@H]1[C@H]2CC(=O)C[C@H]2C[C@H]1O[C@@H]1CCCCO1. The molecule has 0 N–H and O–H groups in total. The minimum absolute atomic E-state index is 0.0522. The molecule has 2 saturated carbocycles. The van der Waals surface area contributed by atoms with Crippen LogP contribution in [0.25, 0.3) is 0 Å². The third kappa shape index (κ3) is 4.37. The van der Waals surface area contributed by atoms with Crippen LogP contribution in [0.5, 0.6) is 0 Å². The molecule has 0 radical (unpaired) electrons. The van der Waals surface area contributed by atoms with Gasteiger partial charge in [0.15, 0.2) is 14.6 Å². The maximum atomic E-state index is 12.0. The van der Waals surface area contributed by atoms with Gasteiger partial charge in [-0.2, -0.15) is 0 Å². The Morgan fingerprint density at radius 2 is 1.96 bits per heavy atom. The van der Waals surface area contributed by atoms with E-state index < -0.39 is 8.32 Å². The number of ether oxygens (including phenoxy) is 2. The van der Waals surface area contributed by atoms with Gasteiger partial charge >= 0.3 is 0 Å². The normalized spacial score (nSPS) is 36.7. The summed E-state index contributed by atoms with van der Waals surface area (Å²) in [6, 6.07) is 0. The second-order valence-electron chi connectivity index (χ2n) is 9.81. The number of Topliss-reactive ketones (excluding diaryl/α,β-unsaturated/α-hetero) is 1. The van der Waals surface area contributed by atoms with Crippen molar-refractivity contribution < 1.29 is 18.7 Å². The molecule has 5 heteroatoms. The van der Waals surface area contributed by atoms with Crippen molar-refractivity contribution in [1.82, 2.24) is 0 Å². The molecule has 4 nitrogen and oxygen atoms in total. The van der Waals surface area contributed by atoms with Crippen LogP contribution >= 0.6 is 0 Å². The average molecular weight is 369 g/mol. The second kappa shape index (κ2) is 7.41. The van der Waals surface area contributed by atoms with Crippen LogP contribution < -0.4 is 0 Å². The fourth-order valence-electron chi connectivity index (χ4n) is 4.39. The van der Waals surface area contributed by atoms with E-state index in [0.717, 1.165) is 45.3 Å². The van der Waals surface area contributed by atoms with Gasteiger partial charge in [0, 0.05) is 32.0 Å². The minimum atomic E-state index is -1.79. The first-order valence-electron chi connectivity index (χ1n) is 10.1. The highest BCUT2D eigenvalue weighted by molar-refractivity contribution is 6.74. The summed E-state index contributed by atoms with van der Waals surface area (Å²) in [4.78, 5) is 12.0. The number of carbonyl (C=O) groups is 1. The Labute approximate surface area is 154 Å². The molecule has 0 aromatic carbocycles. The van der Waals surface area contributed by atoms with Crippen LogP contribution in [0.1, 0.15) is 59.3 Å². The molecule has 0 aromatic rings. The van der Waals surface area contributed by atoms with Crippen LogP contribution in [-0.2, 0) is 18.7 Å². The molecule has 25 heavy (non-hydrogen) atoms. The molecule has 3 rings (SSSR count). The molecule has 144 valence electrons. The van der Waals surface area contributed by atoms with Gasteiger partial charge in [-0.25, -0.2) is 0 Å². The zero-order chi connectivity index (χ0) is 18.2. The van der Waals surface area contributed by atoms with Crippen molar-refractivity contribution in [2.45, 2.75) is 89.8 Å². The Morgan fingerprint density at radius 3 is 2.60 bits per heavy atom. The van der Waals surface area contributed by atoms with Crippen LogP contribution in [0.15, 0.2) is 0 Å². The standard InChI is InChI=1S/C20H36O4Si/c1-20(2,3)25(4,5)23-13-17-16-12-15(21)10-14(16)11-18(17)24-19-8-6-7-9-22-19/h14,16-19H,6-13H2,1-5H3/t14-,16-,17+,18+,19+/m0/s1. The highest BCUT2D eigenvalue weighted by atomic mass is 28.4. The lowest BCUT2D eigenvalue weighted by atomic mass is 9.92. The summed E-state index contributed by atoms with van der Waals surface area (Å²) in [7, 11) is -1.79. The van der Waals surface area contributed by atoms with Gasteiger partial charge in [0.05, 0.1) is 6.10 Å². The van der Waals surface area contributed by atoms with E-state index in [1.807, 2.05) is 0 Å². The topological polar surface area (TPSA) is 44.8 Å². The maximum Gasteiger partial charge on any atom is 0.191 e. The molecule has 1 aliphatic heterocycles. The molecule has 3 fully saturated rings. The Balaban J connectivity index is 1.66. The van der Waals surface area contributed by atoms with Gasteiger partial charge in [-0.1, -0.05) is 20.8 Å². The molecule has 1 heterocycles. The smallest absolute Gasteiger partial charge is 0.191 e. The molecule has 1 saturated heterocycles. The lowest BCUT2D eigenvalue weighted by Crippen LogP contribution is -2.44. The van der Waals surface area contributed by atoms with Gasteiger partial charge in [0.2, 0.25) is 0 Å². The first-order chi connectivity index (χ1) is 11.7. The molecule has 0 unspecified atom stereocenters. The molecule has 0 aromatic heterocycles. The maximum absolute atomic E-state index is 12.0. The van der Waals surface area contributed by atoms with Crippen molar-refractivity contribution in [3.63, 3.8) is 0 Å². The zero-order valence-corrected chi connectivity index (χ0v) is 17.7. The number of hydrogen-bond acceptors (Lipinski definition) is 4. The zero-order valence-electron chi connectivity index (χ0n) is 16.7. The van der Waals surface area contributed by atoms with Gasteiger partial charge in [0.25, 0.3) is 0 Å². The van der Waals surface area contributed by atoms with Crippen LogP contribution in [0.4, 0.5) is 0 Å². The van der Waals surface area contributed by atoms with Gasteiger partial charge in [-0.15, -0.1) is 0 Å². The number of rotatable bonds is 5. The van der Waals surface area contributed by atoms with E-state index in [2.05, 4.69) is 33.9 Å². The van der Waals surface area contributed by atoms with E-state index >= 15 is 0 Å². The molecule has 2 aliphatic carbocycles. The Bertz CT molecular complexity index is 479. The van der Waals surface area contributed by atoms with Crippen LogP contribution in [0.3, 0.4) is 0 Å². The summed E-state index contributed by atoms with van der Waals surface area (Å²) < 4.78 is 18.7. The highest BCUT2D eigenvalue weighted by Crippen LogP contribution is 2.49.